The molecule has 2 fully saturated rings. The maximum atomic E-state index is 12.7. The highest BCUT2D eigenvalue weighted by molar-refractivity contribution is 7.46. The van der Waals surface area contributed by atoms with Crippen molar-refractivity contribution in [3.63, 3.8) is 0 Å². The van der Waals surface area contributed by atoms with E-state index in [4.69, 9.17) is 9.26 Å². The first-order chi connectivity index (χ1) is 17.1. The fraction of sp³-hybridized carbons (Fsp3) is 0.615. The number of hydrogen-bond donors (Lipinski definition) is 3. The summed E-state index contributed by atoms with van der Waals surface area (Å²) < 4.78 is 22.8. The van der Waals surface area contributed by atoms with Crippen molar-refractivity contribution in [1.82, 2.24) is 4.98 Å². The summed E-state index contributed by atoms with van der Waals surface area (Å²) in [5.41, 5.74) is 2.39. The molecule has 6 atom stereocenters. The normalized spacial score (nSPS) is 31.3. The predicted molar refractivity (Wildman–Crippen MR) is 138 cm³/mol. The third-order valence-corrected chi connectivity index (χ3v) is 10.2. The third kappa shape index (κ3) is 5.01. The number of nitrogens with zero attached hydrogens (tertiary/aromatic N) is 1. The summed E-state index contributed by atoms with van der Waals surface area (Å²) in [6, 6.07) is 6.38. The minimum atomic E-state index is -4.63. The number of ether oxygens (including phenoxy) is 1. The Hall–Kier alpha value is -1.77. The smallest absolute Gasteiger partial charge is 0.469 e. The molecular weight excluding hydrogens is 499 g/mol. The van der Waals surface area contributed by atoms with E-state index in [9.17, 15) is 19.1 Å². The SMILES string of the molecule is COc1ccc2c(c1)CCC1C2CCC2(C)C(OP(=O)(O)O)CC(CCC(=O)Nc3ncc(C)s3)C12. The van der Waals surface area contributed by atoms with Crippen LogP contribution in [0.15, 0.2) is 24.4 Å². The Morgan fingerprint density at radius 2 is 2.14 bits per heavy atom. The van der Waals surface area contributed by atoms with E-state index in [2.05, 4.69) is 29.4 Å². The van der Waals surface area contributed by atoms with Crippen molar-refractivity contribution in [1.29, 1.82) is 0 Å². The lowest BCUT2D eigenvalue weighted by molar-refractivity contribution is -0.116. The number of hydrogen-bond acceptors (Lipinski definition) is 6. The first-order valence-electron chi connectivity index (χ1n) is 12.7. The number of aryl methyl sites for hydroxylation is 2. The van der Waals surface area contributed by atoms with E-state index in [0.29, 0.717) is 36.2 Å². The van der Waals surface area contributed by atoms with Crippen molar-refractivity contribution in [2.75, 3.05) is 12.4 Å². The second kappa shape index (κ2) is 9.84. The standard InChI is InChI=1S/C26H35N2O6PS/c1-15-14-27-25(36-15)28-23(29)9-5-17-13-22(34-35(30,31)32)26(2)11-10-20-19-8-6-18(33-3)12-16(19)4-7-21(20)24(17)26/h6,8,12,14,17,20-22,24H,4-5,7,9-11,13H2,1-3H3,(H,27,28,29)(H2,30,31,32). The number of benzene rings is 1. The number of rotatable bonds is 7. The molecule has 196 valence electrons. The third-order valence-electron chi connectivity index (χ3n) is 8.86. The molecule has 1 heterocycles. The Labute approximate surface area is 216 Å². The van der Waals surface area contributed by atoms with Crippen LogP contribution < -0.4 is 10.1 Å². The van der Waals surface area contributed by atoms with Crippen molar-refractivity contribution in [2.24, 2.45) is 23.2 Å². The first-order valence-corrected chi connectivity index (χ1v) is 15.0. The van der Waals surface area contributed by atoms with Crippen LogP contribution in [0.25, 0.3) is 0 Å². The number of aromatic nitrogens is 1. The molecule has 3 aliphatic carbocycles. The van der Waals surface area contributed by atoms with Gasteiger partial charge in [-0.15, -0.1) is 11.3 Å². The highest BCUT2D eigenvalue weighted by Gasteiger charge is 2.60. The molecule has 2 aromatic rings. The van der Waals surface area contributed by atoms with Crippen LogP contribution in [-0.4, -0.2) is 33.9 Å². The topological polar surface area (TPSA) is 118 Å². The molecule has 36 heavy (non-hydrogen) atoms. The van der Waals surface area contributed by atoms with E-state index < -0.39 is 13.9 Å². The quantitative estimate of drug-likeness (QED) is 0.405. The summed E-state index contributed by atoms with van der Waals surface area (Å²) >= 11 is 1.45. The van der Waals surface area contributed by atoms with Gasteiger partial charge in [-0.25, -0.2) is 9.55 Å². The lowest BCUT2D eigenvalue weighted by Crippen LogP contribution is -2.45. The number of fused-ring (bicyclic) bond motifs is 5. The Balaban J connectivity index is 1.38. The molecule has 0 bridgehead atoms. The fourth-order valence-corrected chi connectivity index (χ4v) is 8.79. The van der Waals surface area contributed by atoms with Crippen LogP contribution in [0.5, 0.6) is 5.75 Å². The summed E-state index contributed by atoms with van der Waals surface area (Å²) in [5, 5.41) is 3.50. The van der Waals surface area contributed by atoms with Gasteiger partial charge in [0.1, 0.15) is 5.75 Å². The van der Waals surface area contributed by atoms with E-state index in [1.807, 2.05) is 13.0 Å². The summed E-state index contributed by atoms with van der Waals surface area (Å²) in [7, 11) is -2.94. The van der Waals surface area contributed by atoms with Crippen molar-refractivity contribution in [3.05, 3.63) is 40.4 Å². The van der Waals surface area contributed by atoms with E-state index in [0.717, 1.165) is 36.3 Å². The van der Waals surface area contributed by atoms with Crippen LogP contribution in [0.4, 0.5) is 5.13 Å². The lowest BCUT2D eigenvalue weighted by Gasteiger charge is -2.52. The maximum Gasteiger partial charge on any atom is 0.469 e. The Morgan fingerprint density at radius 3 is 2.83 bits per heavy atom. The molecule has 1 aromatic carbocycles. The molecule has 3 N–H and O–H groups in total. The van der Waals surface area contributed by atoms with Crippen molar-refractivity contribution in [3.8, 4) is 5.75 Å². The van der Waals surface area contributed by atoms with E-state index in [-0.39, 0.29) is 23.2 Å². The molecule has 0 radical (unpaired) electrons. The fourth-order valence-electron chi connectivity index (χ4n) is 7.45. The highest BCUT2D eigenvalue weighted by atomic mass is 32.1. The van der Waals surface area contributed by atoms with Gasteiger partial charge in [0.15, 0.2) is 5.13 Å². The molecule has 1 amide bonds. The second-order valence-electron chi connectivity index (χ2n) is 10.9. The van der Waals surface area contributed by atoms with Crippen molar-refractivity contribution >= 4 is 30.2 Å². The van der Waals surface area contributed by atoms with Gasteiger partial charge in [-0.2, -0.15) is 0 Å². The maximum absolute atomic E-state index is 12.7. The summed E-state index contributed by atoms with van der Waals surface area (Å²) in [6.07, 6.45) is 6.59. The van der Waals surface area contributed by atoms with Crippen LogP contribution in [-0.2, 0) is 20.3 Å². The number of carbonyl (C=O) groups excluding carboxylic acids is 1. The van der Waals surface area contributed by atoms with Crippen LogP contribution in [0.1, 0.15) is 67.4 Å². The highest BCUT2D eigenvalue weighted by Crippen LogP contribution is 2.65. The predicted octanol–water partition coefficient (Wildman–Crippen LogP) is 5.44. The number of carbonyl (C=O) groups is 1. The van der Waals surface area contributed by atoms with Gasteiger partial charge in [-0.1, -0.05) is 13.0 Å². The molecule has 10 heteroatoms. The minimum absolute atomic E-state index is 0.0705. The number of phosphoric acid groups is 1. The minimum Gasteiger partial charge on any atom is -0.497 e. The number of phosphoric ester groups is 1. The molecule has 6 unspecified atom stereocenters. The summed E-state index contributed by atoms with van der Waals surface area (Å²) in [6.45, 7) is 4.10. The molecule has 1 aromatic heterocycles. The molecule has 2 saturated carbocycles. The van der Waals surface area contributed by atoms with Gasteiger partial charge in [0, 0.05) is 17.5 Å². The van der Waals surface area contributed by atoms with Gasteiger partial charge >= 0.3 is 7.82 Å². The monoisotopic (exact) mass is 534 g/mol. The molecule has 0 saturated heterocycles. The zero-order valence-electron chi connectivity index (χ0n) is 21.0. The average Bonchev–Trinajstić information content (AvgIpc) is 3.35. The molecule has 8 nitrogen and oxygen atoms in total. The summed E-state index contributed by atoms with van der Waals surface area (Å²) in [4.78, 5) is 37.3. The number of methoxy groups -OCH3 is 1. The average molecular weight is 535 g/mol. The van der Waals surface area contributed by atoms with Crippen LogP contribution in [0, 0.1) is 30.1 Å². The van der Waals surface area contributed by atoms with Gasteiger partial charge in [-0.3, -0.25) is 9.32 Å². The molecule has 0 spiro atoms. The molecule has 5 rings (SSSR count). The van der Waals surface area contributed by atoms with Gasteiger partial charge in [-0.05, 0) is 97.8 Å². The molecule has 0 aliphatic heterocycles. The number of amides is 1. The van der Waals surface area contributed by atoms with Crippen LogP contribution >= 0.6 is 19.2 Å². The van der Waals surface area contributed by atoms with Gasteiger partial charge in [0.25, 0.3) is 0 Å². The van der Waals surface area contributed by atoms with Crippen LogP contribution in [0.2, 0.25) is 0 Å². The van der Waals surface area contributed by atoms with Gasteiger partial charge in [0.2, 0.25) is 5.91 Å². The molecular formula is C26H35N2O6PS. The second-order valence-corrected chi connectivity index (χ2v) is 13.3. The van der Waals surface area contributed by atoms with E-state index in [1.165, 1.54) is 22.5 Å². The van der Waals surface area contributed by atoms with Crippen LogP contribution in [0.3, 0.4) is 0 Å². The Bertz CT molecular complexity index is 1180. The Kier molecular flexibility index (Phi) is 7.07. The van der Waals surface area contributed by atoms with Crippen molar-refractivity contribution < 1.29 is 28.4 Å². The number of nitrogens with one attached hydrogen (secondary N) is 1. The lowest BCUT2D eigenvalue weighted by atomic mass is 9.53. The number of thiazole rings is 1. The van der Waals surface area contributed by atoms with Crippen molar-refractivity contribution in [2.45, 2.75) is 70.8 Å². The zero-order chi connectivity index (χ0) is 25.7. The number of anilines is 1. The van der Waals surface area contributed by atoms with E-state index in [1.54, 1.807) is 13.3 Å². The first kappa shape index (κ1) is 25.9. The largest absolute Gasteiger partial charge is 0.497 e. The van der Waals surface area contributed by atoms with Gasteiger partial charge in [0.05, 0.1) is 13.2 Å². The van der Waals surface area contributed by atoms with E-state index >= 15 is 0 Å². The Morgan fingerprint density at radius 1 is 1.33 bits per heavy atom. The molecule has 3 aliphatic rings. The van der Waals surface area contributed by atoms with Gasteiger partial charge < -0.3 is 19.8 Å². The summed E-state index contributed by atoms with van der Waals surface area (Å²) in [5.74, 6) is 1.99. The zero-order valence-corrected chi connectivity index (χ0v) is 22.7.